The number of fused-ring (bicyclic) bond motifs is 1. The highest BCUT2D eigenvalue weighted by Crippen LogP contribution is 2.49. The third-order valence-electron chi connectivity index (χ3n) is 13.2. The summed E-state index contributed by atoms with van der Waals surface area (Å²) in [5, 5.41) is 2.47. The van der Waals surface area contributed by atoms with Crippen LogP contribution >= 0.6 is 0 Å². The normalized spacial score (nSPS) is 11.7. The van der Waals surface area contributed by atoms with Crippen LogP contribution in [0.4, 0.5) is 17.1 Å². The first-order valence-electron chi connectivity index (χ1n) is 23.6. The number of nitrogens with zero attached hydrogens (tertiary/aromatic N) is 1. The van der Waals surface area contributed by atoms with Crippen molar-refractivity contribution in [3.8, 4) is 66.8 Å². The van der Waals surface area contributed by atoms with E-state index in [2.05, 4.69) is 283 Å². The topological polar surface area (TPSA) is 3.24 Å². The zero-order valence-corrected chi connectivity index (χ0v) is 39.5. The van der Waals surface area contributed by atoms with Gasteiger partial charge in [0.1, 0.15) is 0 Å². The molecule has 0 aliphatic heterocycles. The molecule has 0 aliphatic rings. The van der Waals surface area contributed by atoms with Gasteiger partial charge in [0.25, 0.3) is 0 Å². The molecule has 10 aromatic carbocycles. The van der Waals surface area contributed by atoms with E-state index in [1.54, 1.807) is 0 Å². The van der Waals surface area contributed by atoms with Gasteiger partial charge in [0.15, 0.2) is 0 Å². The number of rotatable bonds is 9. The van der Waals surface area contributed by atoms with E-state index in [-0.39, 0.29) is 10.8 Å². The molecule has 10 aromatic rings. The fourth-order valence-electron chi connectivity index (χ4n) is 9.63. The van der Waals surface area contributed by atoms with Gasteiger partial charge in [0.2, 0.25) is 0 Å². The van der Waals surface area contributed by atoms with Gasteiger partial charge in [-0.1, -0.05) is 254 Å². The average Bonchev–Trinajstić information content (AvgIpc) is 3.36. The Bertz CT molecular complexity index is 3310. The second kappa shape index (κ2) is 17.9. The summed E-state index contributed by atoms with van der Waals surface area (Å²) >= 11 is 0. The Hall–Kier alpha value is -7.74. The van der Waals surface area contributed by atoms with Crippen LogP contribution in [-0.2, 0) is 10.8 Å². The fraction of sp³-hybridized carbons (Fsp3) is 0.121. The standard InChI is InChI=1S/C66H57N/c1-65(2,3)51-43-50(44-52(45-51)66(4,5)6)55-35-21-27-49-28-22-36-61(64(49)55)60-34-18-20-38-63(60)67(53-41-39-47(40-42-53)46-23-9-7-10-24-46)62-37-19-17-33-59(62)58-32-16-15-31-57(58)56-30-14-13-29-54(56)48-25-11-8-12-26-48/h7-45H,1-6H3. The molecule has 0 aliphatic carbocycles. The van der Waals surface area contributed by atoms with E-state index in [0.717, 1.165) is 28.2 Å². The molecule has 0 fully saturated rings. The van der Waals surface area contributed by atoms with E-state index < -0.39 is 0 Å². The molecule has 0 saturated heterocycles. The lowest BCUT2D eigenvalue weighted by atomic mass is 9.78. The van der Waals surface area contributed by atoms with Gasteiger partial charge in [-0.25, -0.2) is 0 Å². The summed E-state index contributed by atoms with van der Waals surface area (Å²) in [5.74, 6) is 0. The fourth-order valence-corrected chi connectivity index (χ4v) is 9.63. The molecule has 0 atom stereocenters. The summed E-state index contributed by atoms with van der Waals surface area (Å²) in [6.45, 7) is 13.9. The van der Waals surface area contributed by atoms with Gasteiger partial charge in [0.05, 0.1) is 11.4 Å². The largest absolute Gasteiger partial charge is 0.309 e. The first-order valence-corrected chi connectivity index (χ1v) is 23.6. The molecule has 0 amide bonds. The summed E-state index contributed by atoms with van der Waals surface area (Å²) in [7, 11) is 0. The molecule has 0 N–H and O–H groups in total. The van der Waals surface area contributed by atoms with Gasteiger partial charge in [0, 0.05) is 16.8 Å². The second-order valence-electron chi connectivity index (χ2n) is 19.7. The van der Waals surface area contributed by atoms with Crippen LogP contribution in [-0.4, -0.2) is 0 Å². The van der Waals surface area contributed by atoms with Crippen LogP contribution in [0.25, 0.3) is 77.5 Å². The van der Waals surface area contributed by atoms with E-state index in [1.807, 2.05) is 0 Å². The molecule has 0 spiro atoms. The van der Waals surface area contributed by atoms with Crippen molar-refractivity contribution in [2.75, 3.05) is 4.90 Å². The van der Waals surface area contributed by atoms with E-state index in [4.69, 9.17) is 0 Å². The Morgan fingerprint density at radius 2 is 0.657 bits per heavy atom. The minimum absolute atomic E-state index is 0.0117. The van der Waals surface area contributed by atoms with Crippen LogP contribution in [0.15, 0.2) is 237 Å². The predicted molar refractivity (Wildman–Crippen MR) is 289 cm³/mol. The molecule has 1 nitrogen and oxygen atoms in total. The van der Waals surface area contributed by atoms with Gasteiger partial charge in [-0.3, -0.25) is 0 Å². The van der Waals surface area contributed by atoms with Gasteiger partial charge in [-0.2, -0.15) is 0 Å². The molecule has 0 saturated carbocycles. The molecule has 0 aromatic heterocycles. The third kappa shape index (κ3) is 8.62. The van der Waals surface area contributed by atoms with Crippen LogP contribution in [0.1, 0.15) is 52.7 Å². The summed E-state index contributed by atoms with van der Waals surface area (Å²) in [5.41, 5.74) is 20.3. The number of benzene rings is 10. The van der Waals surface area contributed by atoms with E-state index in [1.165, 1.54) is 77.5 Å². The number of para-hydroxylation sites is 2. The van der Waals surface area contributed by atoms with Crippen LogP contribution in [0.3, 0.4) is 0 Å². The maximum atomic E-state index is 2.48. The molecular formula is C66H57N. The summed E-state index contributed by atoms with van der Waals surface area (Å²) in [6.07, 6.45) is 0. The monoisotopic (exact) mass is 863 g/mol. The quantitative estimate of drug-likeness (QED) is 0.140. The Kier molecular flexibility index (Phi) is 11.5. The van der Waals surface area contributed by atoms with Crippen molar-refractivity contribution >= 4 is 27.8 Å². The predicted octanol–water partition coefficient (Wildman–Crippen LogP) is 18.9. The number of hydrogen-bond donors (Lipinski definition) is 0. The molecular weight excluding hydrogens is 807 g/mol. The third-order valence-corrected chi connectivity index (χ3v) is 13.2. The Morgan fingerprint density at radius 3 is 1.19 bits per heavy atom. The molecule has 0 heterocycles. The molecule has 0 radical (unpaired) electrons. The SMILES string of the molecule is CC(C)(C)c1cc(-c2cccc3cccc(-c4ccccc4N(c4ccc(-c5ccccc5)cc4)c4ccccc4-c4ccccc4-c4ccccc4-c4ccccc4)c23)cc(C(C)(C)C)c1. The highest BCUT2D eigenvalue weighted by atomic mass is 15.1. The lowest BCUT2D eigenvalue weighted by Gasteiger charge is -2.31. The van der Waals surface area contributed by atoms with Gasteiger partial charge < -0.3 is 4.90 Å². The lowest BCUT2D eigenvalue weighted by molar-refractivity contribution is 0.569. The van der Waals surface area contributed by atoms with Crippen molar-refractivity contribution in [2.45, 2.75) is 52.4 Å². The van der Waals surface area contributed by atoms with Crippen molar-refractivity contribution in [1.82, 2.24) is 0 Å². The van der Waals surface area contributed by atoms with Crippen molar-refractivity contribution < 1.29 is 0 Å². The van der Waals surface area contributed by atoms with Crippen LogP contribution in [0.5, 0.6) is 0 Å². The van der Waals surface area contributed by atoms with E-state index in [9.17, 15) is 0 Å². The van der Waals surface area contributed by atoms with Crippen molar-refractivity contribution in [3.63, 3.8) is 0 Å². The van der Waals surface area contributed by atoms with E-state index >= 15 is 0 Å². The zero-order valence-electron chi connectivity index (χ0n) is 39.5. The first-order chi connectivity index (χ1) is 32.5. The van der Waals surface area contributed by atoms with Crippen LogP contribution < -0.4 is 4.90 Å². The molecule has 1 heteroatoms. The summed E-state index contributed by atoms with van der Waals surface area (Å²) in [6, 6.07) is 87.0. The van der Waals surface area contributed by atoms with Gasteiger partial charge in [-0.15, -0.1) is 0 Å². The Labute approximate surface area is 397 Å². The number of anilines is 3. The van der Waals surface area contributed by atoms with Crippen molar-refractivity contribution in [1.29, 1.82) is 0 Å². The highest BCUT2D eigenvalue weighted by Gasteiger charge is 2.25. The maximum Gasteiger partial charge on any atom is 0.0540 e. The zero-order chi connectivity index (χ0) is 46.1. The summed E-state index contributed by atoms with van der Waals surface area (Å²) < 4.78 is 0. The molecule has 10 rings (SSSR count). The highest BCUT2D eigenvalue weighted by molar-refractivity contribution is 6.09. The molecule has 326 valence electrons. The van der Waals surface area contributed by atoms with Crippen LogP contribution in [0.2, 0.25) is 0 Å². The molecule has 0 bridgehead atoms. The lowest BCUT2D eigenvalue weighted by Crippen LogP contribution is -2.16. The number of hydrogen-bond acceptors (Lipinski definition) is 1. The van der Waals surface area contributed by atoms with Crippen molar-refractivity contribution in [2.24, 2.45) is 0 Å². The van der Waals surface area contributed by atoms with Crippen molar-refractivity contribution in [3.05, 3.63) is 248 Å². The Morgan fingerprint density at radius 1 is 0.269 bits per heavy atom. The molecule has 67 heavy (non-hydrogen) atoms. The Balaban J connectivity index is 1.21. The van der Waals surface area contributed by atoms with E-state index in [0.29, 0.717) is 0 Å². The smallest absolute Gasteiger partial charge is 0.0540 e. The molecule has 0 unspecified atom stereocenters. The maximum absolute atomic E-state index is 2.48. The van der Waals surface area contributed by atoms with Crippen LogP contribution in [0, 0.1) is 0 Å². The second-order valence-corrected chi connectivity index (χ2v) is 19.7. The summed E-state index contributed by atoms with van der Waals surface area (Å²) in [4.78, 5) is 2.48. The van der Waals surface area contributed by atoms with Gasteiger partial charge >= 0.3 is 0 Å². The first kappa shape index (κ1) is 43.2. The average molecular weight is 864 g/mol. The van der Waals surface area contributed by atoms with Gasteiger partial charge in [-0.05, 0) is 113 Å². The minimum Gasteiger partial charge on any atom is -0.309 e. The minimum atomic E-state index is -0.0117.